The summed E-state index contributed by atoms with van der Waals surface area (Å²) in [5.74, 6) is -1.10. The monoisotopic (exact) mass is 482 g/mol. The van der Waals surface area contributed by atoms with Gasteiger partial charge in [0.15, 0.2) is 0 Å². The molecule has 0 saturated carbocycles. The van der Waals surface area contributed by atoms with Gasteiger partial charge in [-0.05, 0) is 61.4 Å². The average Bonchev–Trinajstić information content (AvgIpc) is 2.87. The van der Waals surface area contributed by atoms with Crippen LogP contribution in [0.5, 0.6) is 0 Å². The number of hydrogen-bond acceptors (Lipinski definition) is 7. The molecule has 0 aliphatic heterocycles. The van der Waals surface area contributed by atoms with E-state index in [-0.39, 0.29) is 47.1 Å². The molecular weight excluding hydrogens is 455 g/mol. The van der Waals surface area contributed by atoms with Gasteiger partial charge in [0.25, 0.3) is 10.1 Å². The zero-order valence-electron chi connectivity index (χ0n) is 18.0. The molecule has 1 aliphatic rings. The van der Waals surface area contributed by atoms with Crippen molar-refractivity contribution in [1.29, 1.82) is 0 Å². The van der Waals surface area contributed by atoms with Gasteiger partial charge in [-0.1, -0.05) is 31.4 Å². The van der Waals surface area contributed by atoms with Gasteiger partial charge in [0.05, 0.1) is 17.8 Å². The van der Waals surface area contributed by atoms with E-state index < -0.39 is 16.1 Å². The number of allylic oxidation sites excluding steroid dienone is 2. The second-order valence-electron chi connectivity index (χ2n) is 7.71. The van der Waals surface area contributed by atoms with Gasteiger partial charge in [0.2, 0.25) is 0 Å². The van der Waals surface area contributed by atoms with Crippen LogP contribution >= 0.6 is 12.0 Å². The Morgan fingerprint density at radius 2 is 1.94 bits per heavy atom. The maximum Gasteiger partial charge on any atom is 1.00 e. The maximum absolute atomic E-state index is 11.1. The molecule has 1 aliphatic carbocycles. The fourth-order valence-electron chi connectivity index (χ4n) is 4.09. The summed E-state index contributed by atoms with van der Waals surface area (Å²) in [7, 11) is -4.02. The van der Waals surface area contributed by atoms with Crippen molar-refractivity contribution >= 4 is 33.7 Å². The summed E-state index contributed by atoms with van der Waals surface area (Å²) in [6.07, 6.45) is 4.03. The molecule has 11 heteroatoms. The van der Waals surface area contributed by atoms with Crippen LogP contribution in [0, 0.1) is 0 Å². The molecule has 2 N–H and O–H groups in total. The average molecular weight is 483 g/mol. The van der Waals surface area contributed by atoms with Crippen LogP contribution in [0.1, 0.15) is 69.9 Å². The number of rotatable bonds is 13. The number of carboxylic acid groups (broad SMARTS) is 1. The number of unbranched alkanes of at least 4 members (excludes halogenated alkanes) is 2. The smallest absolute Gasteiger partial charge is 0.691 e. The summed E-state index contributed by atoms with van der Waals surface area (Å²) >= 11 is 0.815. The molecule has 0 spiro atoms. The minimum Gasteiger partial charge on any atom is -0.691 e. The predicted octanol–water partition coefficient (Wildman–Crippen LogP) is 0.669. The first kappa shape index (κ1) is 28.6. The second kappa shape index (κ2) is 12.7. The minimum absolute atomic E-state index is 0. The van der Waals surface area contributed by atoms with Crippen LogP contribution in [0.25, 0.3) is 5.57 Å². The Kier molecular flexibility index (Phi) is 11.7. The molecule has 0 aromatic heterocycles. The van der Waals surface area contributed by atoms with Gasteiger partial charge in [-0.3, -0.25) is 14.4 Å². The van der Waals surface area contributed by atoms with E-state index in [0.29, 0.717) is 24.2 Å². The van der Waals surface area contributed by atoms with Gasteiger partial charge >= 0.3 is 35.5 Å². The molecule has 1 aromatic rings. The third-order valence-corrected chi connectivity index (χ3v) is 7.12. The molecule has 2 rings (SSSR count). The molecule has 0 heterocycles. The molecule has 1 atom stereocenters. The van der Waals surface area contributed by atoms with Gasteiger partial charge in [0, 0.05) is 16.7 Å². The van der Waals surface area contributed by atoms with Crippen molar-refractivity contribution < 1.29 is 67.1 Å². The fraction of sp³-hybridized carbons (Fsp3) is 0.550. The normalized spacial score (nSPS) is 18.1. The Bertz CT molecular complexity index is 900. The van der Waals surface area contributed by atoms with Crippen LogP contribution in [-0.4, -0.2) is 29.8 Å². The standard InChI is InChI=1S/C20H28O8S2.Na/c1-14-16(7-6-12-30(24,25)26)17-10-9-15(29-28-27-23)13-18(17)20(14,2)11-5-3-4-8-19(21)22;/h9-10,13,23H,3-8,11-12H2,1-2H3,(H,21,22)(H,24,25,26);/q;+1/p-1. The summed E-state index contributed by atoms with van der Waals surface area (Å²) in [4.78, 5) is 11.4. The topological polar surface area (TPSA) is 133 Å². The first-order chi connectivity index (χ1) is 14.1. The van der Waals surface area contributed by atoms with E-state index >= 15 is 0 Å². The number of carbonyl (C=O) groups is 1. The van der Waals surface area contributed by atoms with Crippen LogP contribution in [-0.2, 0) is 29.7 Å². The van der Waals surface area contributed by atoms with E-state index in [1.165, 1.54) is 0 Å². The quantitative estimate of drug-likeness (QED) is 0.104. The molecule has 31 heavy (non-hydrogen) atoms. The summed E-state index contributed by atoms with van der Waals surface area (Å²) in [6.45, 7) is 4.15. The third kappa shape index (κ3) is 8.13. The molecule has 1 unspecified atom stereocenters. The zero-order valence-corrected chi connectivity index (χ0v) is 21.7. The van der Waals surface area contributed by atoms with Crippen molar-refractivity contribution in [1.82, 2.24) is 0 Å². The van der Waals surface area contributed by atoms with Gasteiger partial charge in [0.1, 0.15) is 0 Å². The molecule has 0 amide bonds. The minimum atomic E-state index is -4.02. The number of carboxylic acids is 1. The van der Waals surface area contributed by atoms with Gasteiger partial charge in [-0.2, -0.15) is 12.8 Å². The molecule has 0 fully saturated rings. The fourth-order valence-corrected chi connectivity index (χ4v) is 5.00. The van der Waals surface area contributed by atoms with Crippen LogP contribution in [0.3, 0.4) is 0 Å². The van der Waals surface area contributed by atoms with E-state index in [9.17, 15) is 18.5 Å². The second-order valence-corrected chi connectivity index (χ2v) is 10.1. The first-order valence-electron chi connectivity index (χ1n) is 9.74. The van der Waals surface area contributed by atoms with E-state index in [2.05, 4.69) is 16.3 Å². The van der Waals surface area contributed by atoms with Crippen molar-refractivity contribution in [3.8, 4) is 0 Å². The Labute approximate surface area is 209 Å². The third-order valence-electron chi connectivity index (χ3n) is 5.75. The summed E-state index contributed by atoms with van der Waals surface area (Å²) in [5, 5.41) is 22.4. The number of fused-ring (bicyclic) bond motifs is 1. The summed E-state index contributed by atoms with van der Waals surface area (Å²) < 4.78 is 35.7. The first-order valence-corrected chi connectivity index (χ1v) is 12.1. The molecule has 0 bridgehead atoms. The molecule has 8 nitrogen and oxygen atoms in total. The van der Waals surface area contributed by atoms with E-state index in [4.69, 9.17) is 9.66 Å². The van der Waals surface area contributed by atoms with Crippen LogP contribution < -0.4 is 34.8 Å². The van der Waals surface area contributed by atoms with Crippen molar-refractivity contribution in [3.05, 3.63) is 34.9 Å². The SMILES string of the molecule is CC1=C(CCCS(=O)(=O)O)c2ccc(SOO[O-])cc2C1(C)CCCCCC(=O)O.[Na+]. The summed E-state index contributed by atoms with van der Waals surface area (Å²) in [5.41, 5.74) is 3.96. The number of benzene rings is 1. The molecule has 0 radical (unpaired) electrons. The maximum atomic E-state index is 11.1. The van der Waals surface area contributed by atoms with Gasteiger partial charge < -0.3 is 10.4 Å². The summed E-state index contributed by atoms with van der Waals surface area (Å²) in [6, 6.07) is 5.67. The molecule has 0 saturated heterocycles. The van der Waals surface area contributed by atoms with Crippen LogP contribution in [0.15, 0.2) is 28.7 Å². The van der Waals surface area contributed by atoms with Crippen LogP contribution in [0.2, 0.25) is 0 Å². The van der Waals surface area contributed by atoms with Crippen molar-refractivity contribution in [2.75, 3.05) is 5.75 Å². The van der Waals surface area contributed by atoms with Crippen molar-refractivity contribution in [3.63, 3.8) is 0 Å². The Hall–Kier alpha value is -0.430. The number of aliphatic carboxylic acids is 1. The van der Waals surface area contributed by atoms with Crippen molar-refractivity contribution in [2.24, 2.45) is 0 Å². The molecular formula is C20H27NaO8S2. The molecule has 1 aromatic carbocycles. The largest absolute Gasteiger partial charge is 1.00 e. The molecule has 168 valence electrons. The van der Waals surface area contributed by atoms with E-state index in [1.807, 2.05) is 19.1 Å². The van der Waals surface area contributed by atoms with Gasteiger partial charge in [-0.15, -0.1) is 0 Å². The van der Waals surface area contributed by atoms with Gasteiger partial charge in [-0.25, -0.2) is 0 Å². The Balaban J connectivity index is 0.00000480. The predicted molar refractivity (Wildman–Crippen MR) is 111 cm³/mol. The van der Waals surface area contributed by atoms with E-state index in [0.717, 1.165) is 53.6 Å². The van der Waals surface area contributed by atoms with Crippen LogP contribution in [0.4, 0.5) is 0 Å². The Morgan fingerprint density at radius 3 is 2.55 bits per heavy atom. The Morgan fingerprint density at radius 1 is 1.23 bits per heavy atom. The van der Waals surface area contributed by atoms with E-state index in [1.54, 1.807) is 6.07 Å². The number of hydrogen-bond donors (Lipinski definition) is 2. The zero-order chi connectivity index (χ0) is 22.4. The van der Waals surface area contributed by atoms with Crippen molar-refractivity contribution in [2.45, 2.75) is 69.1 Å².